The van der Waals surface area contributed by atoms with E-state index in [4.69, 9.17) is 0 Å². The Morgan fingerprint density at radius 2 is 2.25 bits per heavy atom. The predicted octanol–water partition coefficient (Wildman–Crippen LogP) is 0.891. The van der Waals surface area contributed by atoms with Gasteiger partial charge in [0.05, 0.1) is 5.41 Å². The molecule has 1 aromatic rings. The third-order valence-corrected chi connectivity index (χ3v) is 3.94. The monoisotopic (exact) mass is 278 g/mol. The van der Waals surface area contributed by atoms with E-state index in [-0.39, 0.29) is 11.8 Å². The summed E-state index contributed by atoms with van der Waals surface area (Å²) in [7, 11) is 1.64. The van der Waals surface area contributed by atoms with Crippen LogP contribution in [0.1, 0.15) is 37.2 Å². The van der Waals surface area contributed by atoms with Gasteiger partial charge in [-0.2, -0.15) is 5.10 Å². The molecule has 0 aromatic carbocycles. The number of aromatic nitrogens is 2. The number of carbonyl (C=O) groups excluding carboxylic acids is 2. The molecule has 6 heteroatoms. The lowest BCUT2D eigenvalue weighted by Gasteiger charge is -2.38. The highest BCUT2D eigenvalue weighted by Crippen LogP contribution is 2.30. The van der Waals surface area contributed by atoms with E-state index in [0.29, 0.717) is 18.8 Å². The molecule has 0 aliphatic carbocycles. The number of hydrogen-bond acceptors (Lipinski definition) is 3. The Labute approximate surface area is 119 Å². The van der Waals surface area contributed by atoms with Crippen LogP contribution in [0.25, 0.3) is 0 Å². The fourth-order valence-electron chi connectivity index (χ4n) is 2.71. The van der Waals surface area contributed by atoms with E-state index in [9.17, 15) is 9.59 Å². The smallest absolute Gasteiger partial charge is 0.274 e. The van der Waals surface area contributed by atoms with Crippen molar-refractivity contribution in [2.45, 2.75) is 33.2 Å². The summed E-state index contributed by atoms with van der Waals surface area (Å²) in [5.74, 6) is -0.0962. The second kappa shape index (κ2) is 5.64. The molecular formula is C14H22N4O2. The number of rotatable bonds is 3. The Kier molecular flexibility index (Phi) is 4.11. The second-order valence-electron chi connectivity index (χ2n) is 5.53. The fraction of sp³-hybridized carbons (Fsp3) is 0.643. The van der Waals surface area contributed by atoms with Gasteiger partial charge in [0.2, 0.25) is 5.91 Å². The minimum Gasteiger partial charge on any atom is -0.359 e. The molecule has 0 radical (unpaired) electrons. The van der Waals surface area contributed by atoms with Gasteiger partial charge in [0.1, 0.15) is 5.69 Å². The maximum Gasteiger partial charge on any atom is 0.274 e. The first-order valence-electron chi connectivity index (χ1n) is 7.05. The summed E-state index contributed by atoms with van der Waals surface area (Å²) in [6.07, 6.45) is 3.44. The maximum absolute atomic E-state index is 12.4. The summed E-state index contributed by atoms with van der Waals surface area (Å²) < 4.78 is 1.73. The average Bonchev–Trinajstić information content (AvgIpc) is 2.94. The highest BCUT2D eigenvalue weighted by molar-refractivity contribution is 5.93. The van der Waals surface area contributed by atoms with Gasteiger partial charge in [-0.15, -0.1) is 0 Å². The number of nitrogens with zero attached hydrogens (tertiary/aromatic N) is 3. The lowest BCUT2D eigenvalue weighted by Crippen LogP contribution is -2.51. The van der Waals surface area contributed by atoms with E-state index in [1.165, 1.54) is 0 Å². The van der Waals surface area contributed by atoms with Gasteiger partial charge < -0.3 is 10.2 Å². The molecule has 0 bridgehead atoms. The average molecular weight is 278 g/mol. The van der Waals surface area contributed by atoms with Crippen LogP contribution < -0.4 is 5.32 Å². The van der Waals surface area contributed by atoms with E-state index in [0.717, 1.165) is 19.4 Å². The van der Waals surface area contributed by atoms with Gasteiger partial charge in [0.15, 0.2) is 0 Å². The van der Waals surface area contributed by atoms with Gasteiger partial charge in [-0.05, 0) is 32.8 Å². The first-order valence-corrected chi connectivity index (χ1v) is 7.05. The molecule has 1 aliphatic rings. The van der Waals surface area contributed by atoms with Crippen LogP contribution in [0, 0.1) is 5.41 Å². The first-order chi connectivity index (χ1) is 9.50. The molecule has 2 amide bonds. The van der Waals surface area contributed by atoms with Crippen molar-refractivity contribution in [2.75, 3.05) is 20.1 Å². The van der Waals surface area contributed by atoms with E-state index < -0.39 is 5.41 Å². The number of piperidine rings is 1. The van der Waals surface area contributed by atoms with Crippen LogP contribution >= 0.6 is 0 Å². The summed E-state index contributed by atoms with van der Waals surface area (Å²) >= 11 is 0. The van der Waals surface area contributed by atoms with Gasteiger partial charge >= 0.3 is 0 Å². The Hall–Kier alpha value is -1.85. The predicted molar refractivity (Wildman–Crippen MR) is 75.2 cm³/mol. The zero-order valence-electron chi connectivity index (χ0n) is 12.3. The van der Waals surface area contributed by atoms with E-state index in [1.807, 2.05) is 13.8 Å². The maximum atomic E-state index is 12.4. The summed E-state index contributed by atoms with van der Waals surface area (Å²) in [5.41, 5.74) is -0.0521. The Bertz CT molecular complexity index is 511. The van der Waals surface area contributed by atoms with Gasteiger partial charge in [-0.25, -0.2) is 0 Å². The van der Waals surface area contributed by atoms with Gasteiger partial charge in [0, 0.05) is 32.9 Å². The van der Waals surface area contributed by atoms with Gasteiger partial charge in [-0.1, -0.05) is 0 Å². The van der Waals surface area contributed by atoms with Crippen LogP contribution in [0.4, 0.5) is 0 Å². The molecule has 1 saturated heterocycles. The standard InChI is InChI=1S/C14H22N4O2/c1-4-18-9-6-11(16-18)12(19)17-8-5-7-14(2,10-17)13(20)15-3/h6,9H,4-5,7-8,10H2,1-3H3,(H,15,20)/t14-/m0/s1. The summed E-state index contributed by atoms with van der Waals surface area (Å²) in [6.45, 7) is 5.76. The van der Waals surface area contributed by atoms with Crippen LogP contribution in [0.2, 0.25) is 0 Å². The van der Waals surface area contributed by atoms with Crippen molar-refractivity contribution < 1.29 is 9.59 Å². The zero-order chi connectivity index (χ0) is 14.8. The molecule has 20 heavy (non-hydrogen) atoms. The number of hydrogen-bond donors (Lipinski definition) is 1. The minimum atomic E-state index is -0.504. The zero-order valence-corrected chi connectivity index (χ0v) is 12.3. The SMILES string of the molecule is CCn1ccc(C(=O)N2CCC[C@](C)(C(=O)NC)C2)n1. The van der Waals surface area contributed by atoms with Crippen molar-refractivity contribution in [3.05, 3.63) is 18.0 Å². The molecule has 2 heterocycles. The van der Waals surface area contributed by atoms with E-state index in [1.54, 1.807) is 28.9 Å². The highest BCUT2D eigenvalue weighted by atomic mass is 16.2. The van der Waals surface area contributed by atoms with Crippen molar-refractivity contribution in [1.82, 2.24) is 20.0 Å². The molecule has 0 saturated carbocycles. The molecule has 1 aliphatic heterocycles. The lowest BCUT2D eigenvalue weighted by atomic mass is 9.81. The minimum absolute atomic E-state index is 0.00547. The third-order valence-electron chi connectivity index (χ3n) is 3.94. The largest absolute Gasteiger partial charge is 0.359 e. The third kappa shape index (κ3) is 2.69. The summed E-state index contributed by atoms with van der Waals surface area (Å²) in [5, 5.41) is 6.93. The molecule has 1 N–H and O–H groups in total. The van der Waals surface area contributed by atoms with Crippen molar-refractivity contribution in [3.63, 3.8) is 0 Å². The van der Waals surface area contributed by atoms with Crippen LogP contribution in [-0.2, 0) is 11.3 Å². The Morgan fingerprint density at radius 3 is 2.85 bits per heavy atom. The van der Waals surface area contributed by atoms with Crippen LogP contribution in [0.15, 0.2) is 12.3 Å². The number of carbonyl (C=O) groups is 2. The number of amides is 2. The van der Waals surface area contributed by atoms with Crippen LogP contribution in [0.3, 0.4) is 0 Å². The van der Waals surface area contributed by atoms with Crippen molar-refractivity contribution in [2.24, 2.45) is 5.41 Å². The normalized spacial score (nSPS) is 22.6. The molecule has 0 unspecified atom stereocenters. The van der Waals surface area contributed by atoms with Crippen LogP contribution in [0.5, 0.6) is 0 Å². The number of likely N-dealkylation sites (tertiary alicyclic amines) is 1. The Morgan fingerprint density at radius 1 is 1.50 bits per heavy atom. The molecule has 110 valence electrons. The topological polar surface area (TPSA) is 67.2 Å². The van der Waals surface area contributed by atoms with Crippen molar-refractivity contribution in [3.8, 4) is 0 Å². The highest BCUT2D eigenvalue weighted by Gasteiger charge is 2.39. The quantitative estimate of drug-likeness (QED) is 0.893. The molecule has 0 spiro atoms. The first kappa shape index (κ1) is 14.6. The molecular weight excluding hydrogens is 256 g/mol. The van der Waals surface area contributed by atoms with Crippen molar-refractivity contribution in [1.29, 1.82) is 0 Å². The van der Waals surface area contributed by atoms with E-state index >= 15 is 0 Å². The molecule has 1 atom stereocenters. The lowest BCUT2D eigenvalue weighted by molar-refractivity contribution is -0.132. The van der Waals surface area contributed by atoms with Crippen LogP contribution in [-0.4, -0.2) is 46.6 Å². The van der Waals surface area contributed by atoms with Gasteiger partial charge in [-0.3, -0.25) is 14.3 Å². The number of aryl methyl sites for hydroxylation is 1. The second-order valence-corrected chi connectivity index (χ2v) is 5.53. The van der Waals surface area contributed by atoms with Gasteiger partial charge in [0.25, 0.3) is 5.91 Å². The van der Waals surface area contributed by atoms with E-state index in [2.05, 4.69) is 10.4 Å². The summed E-state index contributed by atoms with van der Waals surface area (Å²) in [6, 6.07) is 1.73. The summed E-state index contributed by atoms with van der Waals surface area (Å²) in [4.78, 5) is 26.2. The Balaban J connectivity index is 2.12. The fourth-order valence-corrected chi connectivity index (χ4v) is 2.71. The van der Waals surface area contributed by atoms with Crippen molar-refractivity contribution >= 4 is 11.8 Å². The molecule has 1 fully saturated rings. The molecule has 2 rings (SSSR count). The number of nitrogens with one attached hydrogen (secondary N) is 1. The molecule has 1 aromatic heterocycles. The molecule has 6 nitrogen and oxygen atoms in total.